The van der Waals surface area contributed by atoms with E-state index in [4.69, 9.17) is 19.9 Å². The number of imidazole rings is 3. The molecule has 52 heavy (non-hydrogen) atoms. The third-order valence-electron chi connectivity index (χ3n) is 8.84. The van der Waals surface area contributed by atoms with Crippen LogP contribution < -0.4 is 0 Å². The summed E-state index contributed by atoms with van der Waals surface area (Å²) >= 11 is 0. The van der Waals surface area contributed by atoms with E-state index >= 15 is 0 Å². The van der Waals surface area contributed by atoms with Gasteiger partial charge in [-0.3, -0.25) is 13.7 Å². The Kier molecular flexibility index (Phi) is 7.59. The summed E-state index contributed by atoms with van der Waals surface area (Å²) < 4.78 is 6.22. The predicted octanol–water partition coefficient (Wildman–Crippen LogP) is 9.40. The van der Waals surface area contributed by atoms with Crippen LogP contribution in [0.1, 0.15) is 6.92 Å². The summed E-state index contributed by atoms with van der Waals surface area (Å²) in [5.74, 6) is 3.07. The topological polar surface area (TPSA) is 104 Å². The SMILES string of the molecule is C=Nc1c(N=CC)nc(-c2cc(-c3nc4ccccc4n3-c3ccccc3)cc(-c3nc4nccnc4n3-c3ccccc3)c2)n1-c1ccccc1. The number of benzene rings is 5. The molecule has 248 valence electrons. The summed E-state index contributed by atoms with van der Waals surface area (Å²) in [5, 5.41) is 0. The fourth-order valence-electron chi connectivity index (χ4n) is 6.67. The molecule has 0 unspecified atom stereocenters. The molecule has 10 heteroatoms. The Morgan fingerprint density at radius 1 is 0.558 bits per heavy atom. The van der Waals surface area contributed by atoms with Gasteiger partial charge in [-0.1, -0.05) is 66.7 Å². The van der Waals surface area contributed by atoms with Crippen molar-refractivity contribution in [2.75, 3.05) is 0 Å². The second-order valence-corrected chi connectivity index (χ2v) is 12.0. The summed E-state index contributed by atoms with van der Waals surface area (Å²) in [4.78, 5) is 33.7. The number of fused-ring (bicyclic) bond motifs is 2. The fourth-order valence-corrected chi connectivity index (χ4v) is 6.67. The molecular weight excluding hydrogens is 645 g/mol. The van der Waals surface area contributed by atoms with Crippen molar-refractivity contribution in [3.8, 4) is 51.2 Å². The average molecular weight is 675 g/mol. The predicted molar refractivity (Wildman–Crippen MR) is 208 cm³/mol. The molecule has 10 nitrogen and oxygen atoms in total. The van der Waals surface area contributed by atoms with E-state index in [0.717, 1.165) is 50.6 Å². The van der Waals surface area contributed by atoms with E-state index in [1.165, 1.54) is 0 Å². The van der Waals surface area contributed by atoms with Gasteiger partial charge in [-0.2, -0.15) is 0 Å². The van der Waals surface area contributed by atoms with E-state index in [0.29, 0.717) is 34.6 Å². The number of rotatable bonds is 8. The highest BCUT2D eigenvalue weighted by atomic mass is 15.2. The van der Waals surface area contributed by atoms with E-state index in [1.807, 2.05) is 113 Å². The molecule has 0 fully saturated rings. The zero-order chi connectivity index (χ0) is 35.0. The second-order valence-electron chi connectivity index (χ2n) is 12.0. The average Bonchev–Trinajstić information content (AvgIpc) is 3.91. The van der Waals surface area contributed by atoms with Gasteiger partial charge in [-0.15, -0.1) is 0 Å². The molecule has 0 saturated heterocycles. The Hall–Kier alpha value is -7.33. The molecule has 0 saturated carbocycles. The lowest BCUT2D eigenvalue weighted by molar-refractivity contribution is 1.06. The standard InChI is InChI=1S/C42H30N10/c1-3-44-36-41(43-2)51(32-17-9-5-10-18-32)39(48-36)29-25-28(38-47-34-21-13-14-22-35(34)50(38)31-15-7-4-8-16-31)26-30(27-29)40-49-37-42(46-24-23-45-37)52(40)33-19-11-6-12-20-33/h3-27H,2H2,1H3. The Bertz CT molecular complexity index is 2620. The molecule has 0 bridgehead atoms. The maximum absolute atomic E-state index is 5.23. The van der Waals surface area contributed by atoms with Gasteiger partial charge in [0.25, 0.3) is 0 Å². The van der Waals surface area contributed by atoms with Gasteiger partial charge < -0.3 is 0 Å². The van der Waals surface area contributed by atoms with Gasteiger partial charge in [0.1, 0.15) is 17.5 Å². The zero-order valence-electron chi connectivity index (χ0n) is 28.1. The Balaban J connectivity index is 1.39. The van der Waals surface area contributed by atoms with Crippen LogP contribution in [0.5, 0.6) is 0 Å². The monoisotopic (exact) mass is 674 g/mol. The van der Waals surface area contributed by atoms with Crippen molar-refractivity contribution in [3.05, 3.63) is 146 Å². The number of hydrogen-bond acceptors (Lipinski definition) is 7. The molecule has 0 radical (unpaired) electrons. The van der Waals surface area contributed by atoms with Crippen LogP contribution in [0.3, 0.4) is 0 Å². The van der Waals surface area contributed by atoms with Crippen molar-refractivity contribution in [2.24, 2.45) is 9.98 Å². The van der Waals surface area contributed by atoms with Crippen LogP contribution >= 0.6 is 0 Å². The van der Waals surface area contributed by atoms with Crippen molar-refractivity contribution in [2.45, 2.75) is 6.92 Å². The van der Waals surface area contributed by atoms with Crippen LogP contribution in [0.25, 0.3) is 73.6 Å². The van der Waals surface area contributed by atoms with Gasteiger partial charge in [0, 0.05) is 52.4 Å². The van der Waals surface area contributed by atoms with Crippen LogP contribution in [0.2, 0.25) is 0 Å². The Morgan fingerprint density at radius 3 is 1.69 bits per heavy atom. The minimum atomic E-state index is 0.463. The molecule has 5 aromatic carbocycles. The first kappa shape index (κ1) is 30.7. The summed E-state index contributed by atoms with van der Waals surface area (Å²) in [7, 11) is 0. The third-order valence-corrected chi connectivity index (χ3v) is 8.84. The third kappa shape index (κ3) is 5.17. The van der Waals surface area contributed by atoms with E-state index < -0.39 is 0 Å². The summed E-state index contributed by atoms with van der Waals surface area (Å²) in [6.07, 6.45) is 5.06. The molecule has 4 aromatic heterocycles. The van der Waals surface area contributed by atoms with Gasteiger partial charge in [0.05, 0.1) is 11.0 Å². The van der Waals surface area contributed by atoms with Crippen LogP contribution in [-0.2, 0) is 0 Å². The smallest absolute Gasteiger partial charge is 0.198 e. The number of para-hydroxylation sites is 5. The van der Waals surface area contributed by atoms with Gasteiger partial charge in [-0.05, 0) is 80.4 Å². The zero-order valence-corrected chi connectivity index (χ0v) is 28.1. The molecule has 0 amide bonds. The summed E-state index contributed by atoms with van der Waals surface area (Å²) in [6, 6.07) is 44.8. The molecule has 0 spiro atoms. The molecule has 9 rings (SSSR count). The molecular formula is C42H30N10. The second kappa shape index (κ2) is 12.8. The van der Waals surface area contributed by atoms with Crippen molar-refractivity contribution in [1.82, 2.24) is 38.6 Å². The van der Waals surface area contributed by atoms with Crippen molar-refractivity contribution < 1.29 is 0 Å². The minimum absolute atomic E-state index is 0.463. The van der Waals surface area contributed by atoms with Gasteiger partial charge in [0.15, 0.2) is 22.9 Å². The number of nitrogens with zero attached hydrogens (tertiary/aromatic N) is 10. The molecule has 0 atom stereocenters. The molecule has 0 N–H and O–H groups in total. The number of hydrogen-bond donors (Lipinski definition) is 0. The highest BCUT2D eigenvalue weighted by Crippen LogP contribution is 2.41. The largest absolute Gasteiger partial charge is 0.292 e. The summed E-state index contributed by atoms with van der Waals surface area (Å²) in [6.45, 7) is 5.77. The highest BCUT2D eigenvalue weighted by Gasteiger charge is 2.24. The highest BCUT2D eigenvalue weighted by molar-refractivity contribution is 5.87. The first-order chi connectivity index (χ1) is 25.7. The molecule has 4 heterocycles. The Labute approximate surface area is 298 Å². The number of aliphatic imine (C=N–C) groups is 2. The lowest BCUT2D eigenvalue weighted by Crippen LogP contribution is -2.02. The van der Waals surface area contributed by atoms with Crippen molar-refractivity contribution in [1.29, 1.82) is 0 Å². The maximum atomic E-state index is 5.23. The normalized spacial score (nSPS) is 11.6. The van der Waals surface area contributed by atoms with E-state index in [1.54, 1.807) is 18.6 Å². The molecule has 0 aliphatic heterocycles. The molecule has 0 aliphatic rings. The quantitative estimate of drug-likeness (QED) is 0.149. The number of aromatic nitrogens is 8. The molecule has 9 aromatic rings. The van der Waals surface area contributed by atoms with Crippen LogP contribution in [0, 0.1) is 0 Å². The van der Waals surface area contributed by atoms with Crippen LogP contribution in [-0.4, -0.2) is 51.6 Å². The summed E-state index contributed by atoms with van der Waals surface area (Å²) in [5.41, 5.74) is 8.31. The lowest BCUT2D eigenvalue weighted by atomic mass is 10.0. The maximum Gasteiger partial charge on any atom is 0.198 e. The van der Waals surface area contributed by atoms with E-state index in [9.17, 15) is 0 Å². The van der Waals surface area contributed by atoms with Crippen LogP contribution in [0.15, 0.2) is 156 Å². The Morgan fingerprint density at radius 2 is 1.08 bits per heavy atom. The van der Waals surface area contributed by atoms with Crippen LogP contribution in [0.4, 0.5) is 11.6 Å². The van der Waals surface area contributed by atoms with Crippen molar-refractivity contribution in [3.63, 3.8) is 0 Å². The minimum Gasteiger partial charge on any atom is -0.292 e. The fraction of sp³-hybridized carbons (Fsp3) is 0.0238. The van der Waals surface area contributed by atoms with Gasteiger partial charge in [-0.25, -0.2) is 34.9 Å². The first-order valence-electron chi connectivity index (χ1n) is 16.8. The van der Waals surface area contributed by atoms with E-state index in [-0.39, 0.29) is 0 Å². The van der Waals surface area contributed by atoms with Gasteiger partial charge in [0.2, 0.25) is 0 Å². The van der Waals surface area contributed by atoms with Crippen molar-refractivity contribution >= 4 is 46.9 Å². The van der Waals surface area contributed by atoms with E-state index in [2.05, 4.69) is 62.7 Å². The lowest BCUT2D eigenvalue weighted by Gasteiger charge is -2.15. The molecule has 0 aliphatic carbocycles. The van der Waals surface area contributed by atoms with Gasteiger partial charge >= 0.3 is 0 Å². The first-order valence-corrected chi connectivity index (χ1v) is 16.8.